The van der Waals surface area contributed by atoms with Crippen LogP contribution in [0.25, 0.3) is 38.7 Å². The fourth-order valence-electron chi connectivity index (χ4n) is 9.86. The summed E-state index contributed by atoms with van der Waals surface area (Å²) < 4.78 is 35.5. The van der Waals surface area contributed by atoms with Crippen LogP contribution < -0.4 is 36.3 Å². The number of allylic oxidation sites excluding steroid dienone is 2. The monoisotopic (exact) mass is 984 g/mol. The van der Waals surface area contributed by atoms with E-state index in [0.717, 1.165) is 0 Å². The molecule has 5 bridgehead atoms. The van der Waals surface area contributed by atoms with Crippen LogP contribution in [0.1, 0.15) is 73.8 Å². The molecule has 19 nitrogen and oxygen atoms in total. The van der Waals surface area contributed by atoms with Gasteiger partial charge in [-0.25, -0.2) is 9.78 Å². The number of amides is 2. The molecule has 9 atom stereocenters. The zero-order valence-corrected chi connectivity index (χ0v) is 41.7. The molecule has 1 aromatic heterocycles. The van der Waals surface area contributed by atoms with Crippen LogP contribution >= 0.6 is 0 Å². The number of aromatic nitrogens is 1. The largest absolute Gasteiger partial charge is 0.507 e. The highest BCUT2D eigenvalue weighted by molar-refractivity contribution is 6.17. The first-order valence-corrected chi connectivity index (χ1v) is 23.9. The normalized spacial score (nSPS) is 28.5. The van der Waals surface area contributed by atoms with E-state index in [1.165, 1.54) is 59.3 Å². The van der Waals surface area contributed by atoms with Gasteiger partial charge >= 0.3 is 17.8 Å². The quantitative estimate of drug-likeness (QED) is 0.0789. The minimum atomic E-state index is -2.01. The number of fused-ring (bicyclic) bond motifs is 5. The maximum atomic E-state index is 14.9. The molecule has 3 aliphatic rings. The van der Waals surface area contributed by atoms with E-state index in [1.807, 2.05) is 4.90 Å². The lowest BCUT2D eigenvalue weighted by molar-refractivity contribution is -0.160. The first-order chi connectivity index (χ1) is 33.6. The van der Waals surface area contributed by atoms with Crippen LogP contribution in [0.5, 0.6) is 11.5 Å². The number of phenolic OH excluding ortho intramolecular Hbond substituents is 1. The lowest BCUT2D eigenvalue weighted by atomic mass is 9.78. The molecule has 0 radical (unpaired) electrons. The predicted molar refractivity (Wildman–Crippen MR) is 265 cm³/mol. The number of ether oxygens (including phenoxy) is 5. The number of aliphatic hydroxyl groups is 3. The third-order valence-electron chi connectivity index (χ3n) is 14.2. The molecule has 1 fully saturated rings. The number of alkyl carbamates (subject to hydrolysis) is 1. The second kappa shape index (κ2) is 20.9. The Hall–Kier alpha value is -6.70. The topological polar surface area (TPSA) is 266 Å². The van der Waals surface area contributed by atoms with Gasteiger partial charge in [0.15, 0.2) is 22.4 Å². The van der Waals surface area contributed by atoms with Crippen LogP contribution in [0.4, 0.5) is 16.2 Å². The van der Waals surface area contributed by atoms with Crippen molar-refractivity contribution in [1.29, 1.82) is 0 Å². The van der Waals surface area contributed by atoms with Crippen molar-refractivity contribution in [3.05, 3.63) is 79.5 Å². The highest BCUT2D eigenvalue weighted by Crippen LogP contribution is 2.42. The molecule has 0 spiro atoms. The van der Waals surface area contributed by atoms with E-state index >= 15 is 0 Å². The summed E-state index contributed by atoms with van der Waals surface area (Å²) in [4.78, 5) is 74.2. The Bertz CT molecular complexity index is 3010. The van der Waals surface area contributed by atoms with E-state index < -0.39 is 99.9 Å². The number of benzene rings is 3. The summed E-state index contributed by atoms with van der Waals surface area (Å²) in [5.74, 6) is -6.95. The molecule has 71 heavy (non-hydrogen) atoms. The van der Waals surface area contributed by atoms with Crippen molar-refractivity contribution in [2.45, 2.75) is 105 Å². The molecule has 1 saturated heterocycles. The van der Waals surface area contributed by atoms with Gasteiger partial charge in [0, 0.05) is 98.6 Å². The molecule has 2 amide bonds. The van der Waals surface area contributed by atoms with Crippen molar-refractivity contribution in [3.8, 4) is 11.5 Å². The van der Waals surface area contributed by atoms with Gasteiger partial charge in [-0.2, -0.15) is 0 Å². The lowest BCUT2D eigenvalue weighted by Crippen LogP contribution is -2.46. The van der Waals surface area contributed by atoms with Gasteiger partial charge in [-0.05, 0) is 45.6 Å². The Morgan fingerprint density at radius 3 is 2.34 bits per heavy atom. The van der Waals surface area contributed by atoms with Crippen LogP contribution in [-0.2, 0) is 28.5 Å². The Morgan fingerprint density at radius 2 is 1.68 bits per heavy atom. The zero-order chi connectivity index (χ0) is 51.8. The van der Waals surface area contributed by atoms with E-state index in [2.05, 4.69) is 10.6 Å². The Labute approximate surface area is 409 Å². The molecule has 382 valence electrons. The number of piperidine rings is 1. The average Bonchev–Trinajstić information content (AvgIpc) is 3.61. The summed E-state index contributed by atoms with van der Waals surface area (Å²) in [5.41, 5.74) is -1.76. The molecular formula is C52H64N4O15. The number of hydrogen-bond acceptors (Lipinski definition) is 17. The maximum Gasteiger partial charge on any atom is 0.407 e. The van der Waals surface area contributed by atoms with E-state index in [9.17, 15) is 44.4 Å². The molecule has 0 unspecified atom stereocenters. The molecule has 0 saturated carbocycles. The van der Waals surface area contributed by atoms with Crippen LogP contribution in [0.2, 0.25) is 0 Å². The van der Waals surface area contributed by atoms with Crippen molar-refractivity contribution in [2.24, 2.45) is 29.6 Å². The van der Waals surface area contributed by atoms with Crippen LogP contribution in [0, 0.1) is 36.5 Å². The van der Waals surface area contributed by atoms with Crippen molar-refractivity contribution in [3.63, 3.8) is 0 Å². The van der Waals surface area contributed by atoms with E-state index in [0.29, 0.717) is 38.2 Å². The van der Waals surface area contributed by atoms with Gasteiger partial charge < -0.3 is 64.1 Å². The van der Waals surface area contributed by atoms with Gasteiger partial charge in [-0.1, -0.05) is 45.9 Å². The van der Waals surface area contributed by atoms with Crippen LogP contribution in [-0.4, -0.2) is 107 Å². The number of nitrogens with zero attached hydrogens (tertiary/aromatic N) is 2. The molecule has 4 heterocycles. The van der Waals surface area contributed by atoms with Crippen molar-refractivity contribution in [1.82, 2.24) is 10.3 Å². The van der Waals surface area contributed by atoms with Crippen LogP contribution in [0.3, 0.4) is 0 Å². The first kappa shape index (κ1) is 52.1. The zero-order valence-electron chi connectivity index (χ0n) is 41.7. The molecular weight excluding hydrogens is 921 g/mol. The summed E-state index contributed by atoms with van der Waals surface area (Å²) in [6.45, 7) is 16.0. The third-order valence-corrected chi connectivity index (χ3v) is 14.2. The summed E-state index contributed by atoms with van der Waals surface area (Å²) in [6, 6.07) is 3.04. The molecule has 19 heteroatoms. The van der Waals surface area contributed by atoms with Gasteiger partial charge in [-0.3, -0.25) is 19.2 Å². The minimum Gasteiger partial charge on any atom is -0.507 e. The molecule has 6 N–H and O–H groups in total. The summed E-state index contributed by atoms with van der Waals surface area (Å²) in [6.07, 6.45) is 4.35. The Kier molecular flexibility index (Phi) is 15.4. The number of anilines is 2. The summed E-state index contributed by atoms with van der Waals surface area (Å²) in [7, 11) is 1.44. The number of aliphatic hydroxyl groups excluding tert-OH is 3. The Balaban J connectivity index is 1.41. The number of carbonyl (C=O) groups is 3. The predicted octanol–water partition coefficient (Wildman–Crippen LogP) is 5.52. The number of aromatic hydroxyl groups is 1. The number of carbonyl (C=O) groups excluding carboxylic acids is 3. The van der Waals surface area contributed by atoms with E-state index in [4.69, 9.17) is 33.1 Å². The maximum absolute atomic E-state index is 14.9. The van der Waals surface area contributed by atoms with Gasteiger partial charge in [0.25, 0.3) is 5.91 Å². The number of rotatable bonds is 6. The average molecular weight is 985 g/mol. The fraction of sp³-hybridized carbons (Fsp3) is 0.500. The van der Waals surface area contributed by atoms with E-state index in [1.54, 1.807) is 52.8 Å². The van der Waals surface area contributed by atoms with Crippen molar-refractivity contribution >= 4 is 68.1 Å². The van der Waals surface area contributed by atoms with E-state index in [-0.39, 0.29) is 67.6 Å². The minimum absolute atomic E-state index is 0.0152. The number of esters is 1. The lowest BCUT2D eigenvalue weighted by Gasteiger charge is -2.38. The second-order valence-electron chi connectivity index (χ2n) is 19.1. The molecule has 7 rings (SSSR count). The summed E-state index contributed by atoms with van der Waals surface area (Å²) >= 11 is 0. The smallest absolute Gasteiger partial charge is 0.407 e. The van der Waals surface area contributed by atoms with Crippen molar-refractivity contribution in [2.75, 3.05) is 43.6 Å². The van der Waals surface area contributed by atoms with Gasteiger partial charge in [0.1, 0.15) is 28.8 Å². The molecule has 3 aromatic carbocycles. The van der Waals surface area contributed by atoms with Crippen molar-refractivity contribution < 1.29 is 62.9 Å². The molecule has 4 aromatic rings. The third kappa shape index (κ3) is 10.1. The number of hydrogen-bond donors (Lipinski definition) is 6. The van der Waals surface area contributed by atoms with Crippen LogP contribution in [0.15, 0.2) is 62.3 Å². The second-order valence-corrected chi connectivity index (χ2v) is 19.1. The first-order valence-electron chi connectivity index (χ1n) is 23.9. The summed E-state index contributed by atoms with van der Waals surface area (Å²) in [5, 5.41) is 52.0. The standard InChI is InChI=1S/C52H64N4O15/c1-11-67-51(65)53-23-31-15-18-56(19-16-31)32-21-33(58)39-35(22-32)70-48-40(54-39)36-37-44(61)29(7)47-38(36)49(63)52(9,71-47)68-20-17-34(66-10)26(4)46(69-30(8)57)28(6)43(60)27(5)42(59)24(2)13-12-14-25(3)50(64)55-41(48)45(37)62/h12-14,17,20-22,24,26-28,31,34,42-43,46,59-61,63H,11,15-16,18-19,23H2,1-10H3,(H,53,65)(H,55,64)/b13-12+,20-17+,25-14-/t24-,26+,27+,28+,34-,42-,43+,46+,52-/m0/s1. The number of nitrogens with one attached hydrogen (secondary N) is 2. The Morgan fingerprint density at radius 1 is 0.972 bits per heavy atom. The highest BCUT2D eigenvalue weighted by atomic mass is 16.7. The van der Waals surface area contributed by atoms with Gasteiger partial charge in [-0.15, -0.1) is 0 Å². The van der Waals surface area contributed by atoms with Gasteiger partial charge in [0.05, 0.1) is 41.8 Å². The SMILES string of the molecule is CCOC(=O)NCC1CCN(c2cc(=O)c3nc4c(oc3c2)c2c(=O)c3c(O)c(C)c5c(c34)=C(O)[C@@](C)(O/C=C/[C@H](OC)[C@@H](C)[C@@H](OC(C)=O)[C@H](C)[C@H](O)[C@H](C)[C@@H](O)[C@@H](C)/C=C/C=C(/C)C(=O)N2)O5)CC1. The van der Waals surface area contributed by atoms with Gasteiger partial charge in [0.2, 0.25) is 10.9 Å². The molecule has 3 aliphatic heterocycles. The number of methoxy groups -OCH3 is 1. The highest BCUT2D eigenvalue weighted by Gasteiger charge is 2.44. The fourth-order valence-corrected chi connectivity index (χ4v) is 9.86. The molecule has 0 aliphatic carbocycles. The number of phenols is 1.